The lowest BCUT2D eigenvalue weighted by molar-refractivity contribution is -0.132. The molecular formula is C29H23ClFN3O4S2. The molecule has 1 amide bonds. The summed E-state index contributed by atoms with van der Waals surface area (Å²) in [5.74, 6) is -1.36. The third kappa shape index (κ3) is 5.89. The van der Waals surface area contributed by atoms with Gasteiger partial charge in [0.05, 0.1) is 18.2 Å². The number of anilines is 1. The number of aliphatic hydroxyl groups is 1. The standard InChI is InChI=1S/C29H23ClFN3O4S2/c1-2-15-38-22-13-7-18(8-14-22)24-23(25(35)19-5-11-21(31)12-6-19)26(36)27(37)34(24)28-32-33-29(40-28)39-16-17-3-9-20(30)10-4-17/h3-14,24,35H,2,15-16H2,1H3/b25-23-. The molecule has 204 valence electrons. The Morgan fingerprint density at radius 3 is 2.42 bits per heavy atom. The molecule has 2 heterocycles. The number of amides is 1. The van der Waals surface area contributed by atoms with E-state index in [0.29, 0.717) is 33.0 Å². The number of ether oxygens (including phenoxy) is 1. The topological polar surface area (TPSA) is 92.6 Å². The predicted molar refractivity (Wildman–Crippen MR) is 154 cm³/mol. The minimum absolute atomic E-state index is 0.121. The van der Waals surface area contributed by atoms with E-state index in [0.717, 1.165) is 12.0 Å². The first-order chi connectivity index (χ1) is 19.4. The van der Waals surface area contributed by atoms with Gasteiger partial charge in [-0.3, -0.25) is 14.5 Å². The Labute approximate surface area is 243 Å². The molecule has 1 aliphatic rings. The van der Waals surface area contributed by atoms with Gasteiger partial charge in [0.2, 0.25) is 5.13 Å². The Morgan fingerprint density at radius 1 is 1.05 bits per heavy atom. The van der Waals surface area contributed by atoms with Crippen LogP contribution in [0.5, 0.6) is 5.75 Å². The highest BCUT2D eigenvalue weighted by Crippen LogP contribution is 2.44. The lowest BCUT2D eigenvalue weighted by Gasteiger charge is -2.22. The number of nitrogens with zero attached hydrogens (tertiary/aromatic N) is 3. The van der Waals surface area contributed by atoms with Crippen molar-refractivity contribution in [2.75, 3.05) is 11.5 Å². The first-order valence-corrected chi connectivity index (χ1v) is 14.5. The summed E-state index contributed by atoms with van der Waals surface area (Å²) in [5.41, 5.74) is 1.70. The van der Waals surface area contributed by atoms with Gasteiger partial charge in [-0.2, -0.15) is 0 Å². The number of aromatic nitrogens is 2. The number of rotatable bonds is 9. The maximum absolute atomic E-state index is 13.5. The fraction of sp³-hybridized carbons (Fsp3) is 0.172. The number of benzene rings is 3. The zero-order valence-corrected chi connectivity index (χ0v) is 23.6. The van der Waals surface area contributed by atoms with Crippen LogP contribution in [0.15, 0.2) is 82.7 Å². The summed E-state index contributed by atoms with van der Waals surface area (Å²) >= 11 is 8.58. The highest BCUT2D eigenvalue weighted by atomic mass is 35.5. The highest BCUT2D eigenvalue weighted by molar-refractivity contribution is 8.00. The Bertz CT molecular complexity index is 1560. The van der Waals surface area contributed by atoms with E-state index in [-0.39, 0.29) is 16.3 Å². The summed E-state index contributed by atoms with van der Waals surface area (Å²) < 4.78 is 19.8. The molecule has 0 bridgehead atoms. The number of hydrogen-bond acceptors (Lipinski definition) is 8. The molecule has 3 aromatic carbocycles. The monoisotopic (exact) mass is 595 g/mol. The van der Waals surface area contributed by atoms with Crippen molar-refractivity contribution in [3.8, 4) is 5.75 Å². The van der Waals surface area contributed by atoms with Gasteiger partial charge in [-0.15, -0.1) is 10.2 Å². The molecule has 4 aromatic rings. The number of Topliss-reactive ketones (excluding diaryl/α,β-unsaturated/α-hetero) is 1. The first-order valence-electron chi connectivity index (χ1n) is 12.4. The van der Waals surface area contributed by atoms with Crippen molar-refractivity contribution in [1.82, 2.24) is 10.2 Å². The average molecular weight is 596 g/mol. The number of carbonyl (C=O) groups is 2. The van der Waals surface area contributed by atoms with Crippen LogP contribution in [-0.4, -0.2) is 33.6 Å². The van der Waals surface area contributed by atoms with Crippen LogP contribution in [0.1, 0.15) is 36.1 Å². The summed E-state index contributed by atoms with van der Waals surface area (Å²) in [7, 11) is 0. The minimum Gasteiger partial charge on any atom is -0.507 e. The zero-order valence-electron chi connectivity index (χ0n) is 21.2. The Hall–Kier alpha value is -3.73. The van der Waals surface area contributed by atoms with E-state index in [1.54, 1.807) is 24.3 Å². The van der Waals surface area contributed by atoms with Crippen molar-refractivity contribution < 1.29 is 23.8 Å². The molecule has 0 spiro atoms. The van der Waals surface area contributed by atoms with E-state index < -0.39 is 29.3 Å². The summed E-state index contributed by atoms with van der Waals surface area (Å²) in [6.07, 6.45) is 0.842. The summed E-state index contributed by atoms with van der Waals surface area (Å²) in [6.45, 7) is 2.55. The van der Waals surface area contributed by atoms with Gasteiger partial charge in [-0.25, -0.2) is 4.39 Å². The Morgan fingerprint density at radius 2 is 1.75 bits per heavy atom. The van der Waals surface area contributed by atoms with Gasteiger partial charge < -0.3 is 9.84 Å². The number of thioether (sulfide) groups is 1. The number of ketones is 1. The lowest BCUT2D eigenvalue weighted by atomic mass is 9.95. The van der Waals surface area contributed by atoms with Gasteiger partial charge in [-0.05, 0) is 66.1 Å². The van der Waals surface area contributed by atoms with Gasteiger partial charge in [0, 0.05) is 16.3 Å². The maximum atomic E-state index is 13.5. The van der Waals surface area contributed by atoms with Crippen LogP contribution in [0.25, 0.3) is 5.76 Å². The van der Waals surface area contributed by atoms with E-state index >= 15 is 0 Å². The van der Waals surface area contributed by atoms with Crippen molar-refractivity contribution in [2.24, 2.45) is 0 Å². The molecule has 40 heavy (non-hydrogen) atoms. The largest absolute Gasteiger partial charge is 0.507 e. The molecule has 0 saturated carbocycles. The molecule has 1 saturated heterocycles. The van der Waals surface area contributed by atoms with Crippen LogP contribution >= 0.6 is 34.7 Å². The van der Waals surface area contributed by atoms with Gasteiger partial charge >= 0.3 is 5.91 Å². The fourth-order valence-corrected chi connectivity index (χ4v) is 6.11. The fourth-order valence-electron chi connectivity index (χ4n) is 4.16. The summed E-state index contributed by atoms with van der Waals surface area (Å²) in [5, 5.41) is 20.5. The SMILES string of the molecule is CCCOc1ccc(C2/C(=C(/O)c3ccc(F)cc3)C(=O)C(=O)N2c2nnc(SCc3ccc(Cl)cc3)s2)cc1. The molecule has 11 heteroatoms. The van der Waals surface area contributed by atoms with Crippen LogP contribution < -0.4 is 9.64 Å². The van der Waals surface area contributed by atoms with Crippen LogP contribution in [0.4, 0.5) is 9.52 Å². The number of aliphatic hydroxyl groups excluding tert-OH is 1. The lowest BCUT2D eigenvalue weighted by Crippen LogP contribution is -2.29. The van der Waals surface area contributed by atoms with Crippen LogP contribution in [0.3, 0.4) is 0 Å². The van der Waals surface area contributed by atoms with Crippen molar-refractivity contribution in [3.63, 3.8) is 0 Å². The zero-order chi connectivity index (χ0) is 28.2. The molecule has 7 nitrogen and oxygen atoms in total. The molecule has 1 N–H and O–H groups in total. The number of halogens is 2. The van der Waals surface area contributed by atoms with Crippen molar-refractivity contribution in [1.29, 1.82) is 0 Å². The van der Waals surface area contributed by atoms with Crippen LogP contribution in [0.2, 0.25) is 5.02 Å². The third-order valence-corrected chi connectivity index (χ3v) is 8.49. The normalized spacial score (nSPS) is 16.5. The van der Waals surface area contributed by atoms with E-state index in [1.165, 1.54) is 52.3 Å². The second-order valence-electron chi connectivity index (χ2n) is 8.86. The van der Waals surface area contributed by atoms with E-state index in [2.05, 4.69) is 10.2 Å². The second kappa shape index (κ2) is 12.2. The highest BCUT2D eigenvalue weighted by Gasteiger charge is 2.48. The number of carbonyl (C=O) groups excluding carboxylic acids is 2. The average Bonchev–Trinajstić information content (AvgIpc) is 3.54. The van der Waals surface area contributed by atoms with Crippen LogP contribution in [-0.2, 0) is 15.3 Å². The first kappa shape index (κ1) is 27.8. The van der Waals surface area contributed by atoms with Crippen molar-refractivity contribution in [3.05, 3.63) is 106 Å². The van der Waals surface area contributed by atoms with E-state index in [4.69, 9.17) is 16.3 Å². The smallest absolute Gasteiger partial charge is 0.301 e. The Kier molecular flexibility index (Phi) is 8.49. The summed E-state index contributed by atoms with van der Waals surface area (Å²) in [6, 6.07) is 18.5. The molecular weight excluding hydrogens is 573 g/mol. The predicted octanol–water partition coefficient (Wildman–Crippen LogP) is 7.04. The third-order valence-electron chi connectivity index (χ3n) is 6.11. The quantitative estimate of drug-likeness (QED) is 0.0729. The molecule has 1 unspecified atom stereocenters. The minimum atomic E-state index is -0.979. The maximum Gasteiger partial charge on any atom is 0.301 e. The van der Waals surface area contributed by atoms with Gasteiger partial charge in [0.1, 0.15) is 17.3 Å². The summed E-state index contributed by atoms with van der Waals surface area (Å²) in [4.78, 5) is 28.0. The van der Waals surface area contributed by atoms with Crippen molar-refractivity contribution >= 4 is 57.3 Å². The molecule has 1 fully saturated rings. The molecule has 5 rings (SSSR count). The molecule has 0 radical (unpaired) electrons. The molecule has 1 aromatic heterocycles. The molecule has 0 aliphatic carbocycles. The molecule has 1 atom stereocenters. The second-order valence-corrected chi connectivity index (χ2v) is 11.5. The molecule has 1 aliphatic heterocycles. The van der Waals surface area contributed by atoms with Gasteiger partial charge in [-0.1, -0.05) is 65.9 Å². The van der Waals surface area contributed by atoms with Gasteiger partial charge in [0.25, 0.3) is 5.78 Å². The van der Waals surface area contributed by atoms with Crippen LogP contribution in [0, 0.1) is 5.82 Å². The Balaban J connectivity index is 1.51. The van der Waals surface area contributed by atoms with E-state index in [9.17, 15) is 19.1 Å². The van der Waals surface area contributed by atoms with E-state index in [1.807, 2.05) is 31.2 Å². The van der Waals surface area contributed by atoms with Gasteiger partial charge in [0.15, 0.2) is 4.34 Å². The van der Waals surface area contributed by atoms with Crippen molar-refractivity contribution in [2.45, 2.75) is 29.5 Å². The number of hydrogen-bond donors (Lipinski definition) is 1.